The van der Waals surface area contributed by atoms with E-state index in [4.69, 9.17) is 16.3 Å². The summed E-state index contributed by atoms with van der Waals surface area (Å²) in [6.45, 7) is 4.77. The van der Waals surface area contributed by atoms with Crippen molar-refractivity contribution in [2.24, 2.45) is 10.4 Å². The predicted molar refractivity (Wildman–Crippen MR) is 106 cm³/mol. The van der Waals surface area contributed by atoms with E-state index in [1.54, 1.807) is 0 Å². The van der Waals surface area contributed by atoms with Gasteiger partial charge in [0.25, 0.3) is 0 Å². The first-order valence-corrected chi connectivity index (χ1v) is 8.37. The minimum absolute atomic E-state index is 0. The summed E-state index contributed by atoms with van der Waals surface area (Å²) in [5, 5.41) is 4.31. The van der Waals surface area contributed by atoms with Crippen LogP contribution in [0.3, 0.4) is 0 Å². The highest BCUT2D eigenvalue weighted by molar-refractivity contribution is 14.0. The van der Waals surface area contributed by atoms with Crippen molar-refractivity contribution in [3.05, 3.63) is 34.9 Å². The molecule has 1 spiro atoms. The fraction of sp³-hybridized carbons (Fsp3) is 0.588. The maximum atomic E-state index is 6.20. The van der Waals surface area contributed by atoms with E-state index in [9.17, 15) is 0 Å². The first kappa shape index (κ1) is 18.8. The van der Waals surface area contributed by atoms with Gasteiger partial charge in [-0.3, -0.25) is 4.99 Å². The molecule has 4 nitrogen and oxygen atoms in total. The Morgan fingerprint density at radius 1 is 1.39 bits per heavy atom. The van der Waals surface area contributed by atoms with Crippen molar-refractivity contribution in [3.63, 3.8) is 0 Å². The quantitative estimate of drug-likeness (QED) is 0.437. The van der Waals surface area contributed by atoms with Gasteiger partial charge in [-0.25, -0.2) is 0 Å². The van der Waals surface area contributed by atoms with Crippen molar-refractivity contribution in [3.8, 4) is 0 Å². The molecule has 1 unspecified atom stereocenters. The highest BCUT2D eigenvalue weighted by Gasteiger charge is 2.42. The van der Waals surface area contributed by atoms with E-state index in [-0.39, 0.29) is 24.0 Å². The third kappa shape index (κ3) is 4.51. The summed E-state index contributed by atoms with van der Waals surface area (Å²) in [6.07, 6.45) is 3.29. The number of guanidine groups is 1. The van der Waals surface area contributed by atoms with Crippen LogP contribution in [0, 0.1) is 5.41 Å². The molecular formula is C17H25ClIN3O. The van der Waals surface area contributed by atoms with Crippen molar-refractivity contribution < 1.29 is 4.74 Å². The molecule has 0 radical (unpaired) electrons. The molecule has 0 amide bonds. The molecule has 1 atom stereocenters. The third-order valence-corrected chi connectivity index (χ3v) is 5.14. The van der Waals surface area contributed by atoms with Crippen LogP contribution < -0.4 is 5.32 Å². The second kappa shape index (κ2) is 8.53. The van der Waals surface area contributed by atoms with E-state index in [0.29, 0.717) is 5.41 Å². The van der Waals surface area contributed by atoms with Crippen molar-refractivity contribution >= 4 is 41.5 Å². The molecular weight excluding hydrogens is 425 g/mol. The van der Waals surface area contributed by atoms with E-state index in [0.717, 1.165) is 50.3 Å². The summed E-state index contributed by atoms with van der Waals surface area (Å²) in [5.41, 5.74) is 1.54. The zero-order chi connectivity index (χ0) is 15.4. The van der Waals surface area contributed by atoms with Crippen LogP contribution in [0.2, 0.25) is 5.02 Å². The van der Waals surface area contributed by atoms with Gasteiger partial charge in [-0.05, 0) is 30.9 Å². The average molecular weight is 450 g/mol. The molecule has 3 rings (SSSR count). The molecule has 0 saturated carbocycles. The second-order valence-corrected chi connectivity index (χ2v) is 6.70. The fourth-order valence-electron chi connectivity index (χ4n) is 3.43. The van der Waals surface area contributed by atoms with Crippen LogP contribution in [0.1, 0.15) is 18.4 Å². The lowest BCUT2D eigenvalue weighted by Crippen LogP contribution is -2.42. The minimum Gasteiger partial charge on any atom is -0.381 e. The van der Waals surface area contributed by atoms with E-state index in [1.807, 2.05) is 25.2 Å². The Hall–Kier alpha value is -0.530. The van der Waals surface area contributed by atoms with Crippen LogP contribution in [-0.2, 0) is 11.2 Å². The SMILES string of the molecule is CN=C(NCCc1ccccc1Cl)N1CCC2(CCOC2)C1.I. The molecule has 2 fully saturated rings. The van der Waals surface area contributed by atoms with Gasteiger partial charge in [0.05, 0.1) is 6.61 Å². The number of hydrogen-bond acceptors (Lipinski definition) is 2. The Morgan fingerprint density at radius 2 is 2.22 bits per heavy atom. The van der Waals surface area contributed by atoms with Crippen LogP contribution >= 0.6 is 35.6 Å². The van der Waals surface area contributed by atoms with E-state index in [1.165, 1.54) is 18.4 Å². The lowest BCUT2D eigenvalue weighted by molar-refractivity contribution is 0.156. The van der Waals surface area contributed by atoms with Gasteiger partial charge in [0, 0.05) is 43.7 Å². The first-order chi connectivity index (χ1) is 10.7. The topological polar surface area (TPSA) is 36.9 Å². The molecule has 2 aliphatic rings. The number of benzene rings is 1. The van der Waals surface area contributed by atoms with Gasteiger partial charge in [0.2, 0.25) is 0 Å². The van der Waals surface area contributed by atoms with Gasteiger partial charge >= 0.3 is 0 Å². The number of rotatable bonds is 3. The van der Waals surface area contributed by atoms with Crippen molar-refractivity contribution in [2.45, 2.75) is 19.3 Å². The Bertz CT molecular complexity index is 546. The van der Waals surface area contributed by atoms with E-state index < -0.39 is 0 Å². The summed E-state index contributed by atoms with van der Waals surface area (Å²) in [7, 11) is 1.86. The maximum absolute atomic E-state index is 6.20. The molecule has 0 aliphatic carbocycles. The largest absolute Gasteiger partial charge is 0.381 e. The number of halogens is 2. The number of hydrogen-bond donors (Lipinski definition) is 1. The summed E-state index contributed by atoms with van der Waals surface area (Å²) in [4.78, 5) is 6.80. The second-order valence-electron chi connectivity index (χ2n) is 6.29. The Morgan fingerprint density at radius 3 is 2.91 bits per heavy atom. The molecule has 23 heavy (non-hydrogen) atoms. The zero-order valence-electron chi connectivity index (χ0n) is 13.6. The zero-order valence-corrected chi connectivity index (χ0v) is 16.6. The Labute approximate surface area is 160 Å². The van der Waals surface area contributed by atoms with Gasteiger partial charge in [-0.2, -0.15) is 0 Å². The highest BCUT2D eigenvalue weighted by atomic mass is 127. The highest BCUT2D eigenvalue weighted by Crippen LogP contribution is 2.38. The molecule has 2 saturated heterocycles. The number of ether oxygens (including phenoxy) is 1. The van der Waals surface area contributed by atoms with Gasteiger partial charge in [0.15, 0.2) is 5.96 Å². The number of nitrogens with zero attached hydrogens (tertiary/aromatic N) is 2. The monoisotopic (exact) mass is 449 g/mol. The average Bonchev–Trinajstić information content (AvgIpc) is 3.16. The van der Waals surface area contributed by atoms with Crippen LogP contribution in [-0.4, -0.2) is 50.8 Å². The Balaban J connectivity index is 0.00000192. The molecule has 6 heteroatoms. The van der Waals surface area contributed by atoms with Gasteiger partial charge in [-0.15, -0.1) is 24.0 Å². The van der Waals surface area contributed by atoms with Crippen LogP contribution in [0.4, 0.5) is 0 Å². The molecule has 2 aliphatic heterocycles. The molecule has 128 valence electrons. The first-order valence-electron chi connectivity index (χ1n) is 7.99. The van der Waals surface area contributed by atoms with E-state index in [2.05, 4.69) is 21.3 Å². The number of nitrogens with one attached hydrogen (secondary N) is 1. The summed E-state index contributed by atoms with van der Waals surface area (Å²) in [5.74, 6) is 0.996. The smallest absolute Gasteiger partial charge is 0.193 e. The van der Waals surface area contributed by atoms with Crippen molar-refractivity contribution in [2.75, 3.05) is 39.9 Å². The van der Waals surface area contributed by atoms with Gasteiger partial charge in [-0.1, -0.05) is 29.8 Å². The fourth-order valence-corrected chi connectivity index (χ4v) is 3.66. The van der Waals surface area contributed by atoms with Crippen molar-refractivity contribution in [1.29, 1.82) is 0 Å². The lowest BCUT2D eigenvalue weighted by Gasteiger charge is -2.25. The van der Waals surface area contributed by atoms with Crippen LogP contribution in [0.5, 0.6) is 0 Å². The molecule has 1 aromatic rings. The van der Waals surface area contributed by atoms with Gasteiger partial charge in [0.1, 0.15) is 0 Å². The Kier molecular flexibility index (Phi) is 6.98. The predicted octanol–water partition coefficient (Wildman–Crippen LogP) is 3.19. The third-order valence-electron chi connectivity index (χ3n) is 4.77. The number of aliphatic imine (C=N–C) groups is 1. The van der Waals surface area contributed by atoms with Crippen LogP contribution in [0.25, 0.3) is 0 Å². The summed E-state index contributed by atoms with van der Waals surface area (Å²) >= 11 is 6.20. The van der Waals surface area contributed by atoms with Crippen LogP contribution in [0.15, 0.2) is 29.3 Å². The van der Waals surface area contributed by atoms with Gasteiger partial charge < -0.3 is 15.0 Å². The lowest BCUT2D eigenvalue weighted by atomic mass is 9.87. The maximum Gasteiger partial charge on any atom is 0.193 e. The van der Waals surface area contributed by atoms with E-state index >= 15 is 0 Å². The normalized spacial score (nSPS) is 24.1. The molecule has 1 N–H and O–H groups in total. The standard InChI is InChI=1S/C17H24ClN3O.HI/c1-19-16(20-9-6-14-4-2-3-5-15(14)18)21-10-7-17(12-21)8-11-22-13-17;/h2-5H,6-13H2,1H3,(H,19,20);1H. The minimum atomic E-state index is 0. The molecule has 0 bridgehead atoms. The molecule has 0 aromatic heterocycles. The summed E-state index contributed by atoms with van der Waals surface area (Å²) < 4.78 is 5.59. The molecule has 2 heterocycles. The van der Waals surface area contributed by atoms with Crippen molar-refractivity contribution in [1.82, 2.24) is 10.2 Å². The molecule has 1 aromatic carbocycles. The number of likely N-dealkylation sites (tertiary alicyclic amines) is 1. The summed E-state index contributed by atoms with van der Waals surface area (Å²) in [6, 6.07) is 8.01.